The smallest absolute Gasteiger partial charge is 0.327 e. The summed E-state index contributed by atoms with van der Waals surface area (Å²) in [6, 6.07) is 11.0. The Morgan fingerprint density at radius 1 is 1.11 bits per heavy atom. The molecule has 3 aromatic heterocycles. The fourth-order valence-electron chi connectivity index (χ4n) is 6.00. The lowest BCUT2D eigenvalue weighted by Crippen LogP contribution is -2.59. The van der Waals surface area contributed by atoms with Crippen molar-refractivity contribution in [3.05, 3.63) is 54.4 Å². The number of H-pyrrole nitrogens is 1. The normalized spacial score (nSPS) is 16.0. The van der Waals surface area contributed by atoms with Gasteiger partial charge in [-0.1, -0.05) is 6.07 Å². The van der Waals surface area contributed by atoms with Gasteiger partial charge in [0.25, 0.3) is 0 Å². The summed E-state index contributed by atoms with van der Waals surface area (Å²) in [5.74, 6) is 1.88. The number of aliphatic carboxylic acids is 1. The van der Waals surface area contributed by atoms with E-state index in [-0.39, 0.29) is 17.9 Å². The second-order valence-electron chi connectivity index (χ2n) is 12.3. The largest absolute Gasteiger partial charge is 0.480 e. The molecule has 1 aliphatic heterocycles. The molecule has 1 atom stereocenters. The fourth-order valence-corrected chi connectivity index (χ4v) is 6.46. The Balaban J connectivity index is 1.24. The van der Waals surface area contributed by atoms with Gasteiger partial charge in [0.05, 0.1) is 22.8 Å². The molecule has 6 rings (SSSR count). The first-order valence-corrected chi connectivity index (χ1v) is 17.5. The van der Waals surface area contributed by atoms with Gasteiger partial charge in [-0.15, -0.1) is 0 Å². The minimum atomic E-state index is -0.887. The van der Waals surface area contributed by atoms with Crippen LogP contribution in [0.4, 0.5) is 17.5 Å². The van der Waals surface area contributed by atoms with Crippen molar-refractivity contribution in [1.82, 2.24) is 29.8 Å². The number of rotatable bonds is 13. The standard InChI is InChI=1S/C34H42N8O4S/c1-21(2)46-31-22(3)26(10-13-36-31)24-7-8-27-28(19-24)38-34(37-27)39-30-20-25(9-12-35-30)42(29(33(44)45)11-18-47-4)41-16-14-40(15-17-41)32(43)23-5-6-23/h7-10,12-13,19-21,23,29H,5-6,11,14-18H2,1-4H3,(H,44,45)(H2,35,37,38,39)/t29-/m0/s1. The van der Waals surface area contributed by atoms with Crippen molar-refractivity contribution in [2.24, 2.45) is 5.92 Å². The second kappa shape index (κ2) is 14.2. The molecule has 1 aliphatic carbocycles. The second-order valence-corrected chi connectivity index (χ2v) is 13.3. The van der Waals surface area contributed by atoms with Crippen LogP contribution >= 0.6 is 11.8 Å². The minimum absolute atomic E-state index is 0.0255. The van der Waals surface area contributed by atoms with Crippen molar-refractivity contribution < 1.29 is 19.4 Å². The third-order valence-corrected chi connectivity index (χ3v) is 9.17. The van der Waals surface area contributed by atoms with Crippen molar-refractivity contribution in [1.29, 1.82) is 0 Å². The van der Waals surface area contributed by atoms with Gasteiger partial charge in [0.15, 0.2) is 0 Å². The van der Waals surface area contributed by atoms with Crippen LogP contribution in [-0.4, -0.2) is 97.2 Å². The van der Waals surface area contributed by atoms with Crippen molar-refractivity contribution in [2.45, 2.75) is 52.2 Å². The van der Waals surface area contributed by atoms with Crippen LogP contribution in [0.2, 0.25) is 0 Å². The van der Waals surface area contributed by atoms with Gasteiger partial charge < -0.3 is 25.0 Å². The highest BCUT2D eigenvalue weighted by atomic mass is 32.2. The van der Waals surface area contributed by atoms with Gasteiger partial charge >= 0.3 is 5.97 Å². The van der Waals surface area contributed by atoms with E-state index < -0.39 is 12.0 Å². The van der Waals surface area contributed by atoms with Gasteiger partial charge in [-0.2, -0.15) is 11.8 Å². The molecule has 4 aromatic rings. The molecular formula is C34H42N8O4S. The molecule has 4 heterocycles. The first kappa shape index (κ1) is 32.6. The highest BCUT2D eigenvalue weighted by Crippen LogP contribution is 2.33. The van der Waals surface area contributed by atoms with Gasteiger partial charge in [-0.25, -0.2) is 24.8 Å². The molecule has 2 fully saturated rings. The number of hydrazine groups is 1. The number of carboxylic acid groups (broad SMARTS) is 1. The van der Waals surface area contributed by atoms with Crippen LogP contribution in [0, 0.1) is 12.8 Å². The summed E-state index contributed by atoms with van der Waals surface area (Å²) in [7, 11) is 0. The lowest BCUT2D eigenvalue weighted by molar-refractivity contribution is -0.141. The van der Waals surface area contributed by atoms with Gasteiger partial charge in [0.2, 0.25) is 17.7 Å². The fraction of sp³-hybridized carbons (Fsp3) is 0.441. The van der Waals surface area contributed by atoms with Crippen molar-refractivity contribution >= 4 is 52.1 Å². The van der Waals surface area contributed by atoms with Gasteiger partial charge in [-0.05, 0) is 87.4 Å². The SMILES string of the molecule is CSCC[C@@H](C(=O)O)N(c1ccnc(Nc2nc3ccc(-c4ccnc(OC(C)C)c4C)cc3[nH]2)c1)N1CCN(C(=O)C2CC2)CC1. The summed E-state index contributed by atoms with van der Waals surface area (Å²) in [6.07, 6.45) is 7.85. The van der Waals surface area contributed by atoms with Crippen LogP contribution in [0.25, 0.3) is 22.2 Å². The predicted octanol–water partition coefficient (Wildman–Crippen LogP) is 5.34. The number of aromatic nitrogens is 4. The number of anilines is 3. The van der Waals surface area contributed by atoms with E-state index in [1.807, 2.05) is 67.3 Å². The summed E-state index contributed by atoms with van der Waals surface area (Å²) in [6.45, 7) is 8.23. The number of nitrogens with zero attached hydrogens (tertiary/aromatic N) is 6. The summed E-state index contributed by atoms with van der Waals surface area (Å²) < 4.78 is 5.90. The van der Waals surface area contributed by atoms with Gasteiger partial charge in [0.1, 0.15) is 11.9 Å². The number of nitrogens with one attached hydrogen (secondary N) is 2. The Bertz CT molecular complexity index is 1730. The minimum Gasteiger partial charge on any atom is -0.480 e. The zero-order chi connectivity index (χ0) is 33.1. The van der Waals surface area contributed by atoms with Crippen LogP contribution in [-0.2, 0) is 9.59 Å². The van der Waals surface area contributed by atoms with Crippen LogP contribution in [0.1, 0.15) is 38.7 Å². The molecular weight excluding hydrogens is 616 g/mol. The van der Waals surface area contributed by atoms with Crippen molar-refractivity contribution in [3.8, 4) is 17.0 Å². The lowest BCUT2D eigenvalue weighted by Gasteiger charge is -2.44. The van der Waals surface area contributed by atoms with Gasteiger partial charge in [0, 0.05) is 56.1 Å². The molecule has 0 bridgehead atoms. The highest BCUT2D eigenvalue weighted by molar-refractivity contribution is 7.98. The number of carbonyl (C=O) groups is 2. The number of piperazine rings is 1. The Kier molecular flexibility index (Phi) is 9.83. The molecule has 1 saturated heterocycles. The average molecular weight is 659 g/mol. The molecule has 1 aromatic carbocycles. The zero-order valence-electron chi connectivity index (χ0n) is 27.3. The monoisotopic (exact) mass is 658 g/mol. The van der Waals surface area contributed by atoms with Crippen molar-refractivity contribution in [3.63, 3.8) is 0 Å². The quantitative estimate of drug-likeness (QED) is 0.172. The van der Waals surface area contributed by atoms with Crippen LogP contribution in [0.15, 0.2) is 48.8 Å². The molecule has 12 nitrogen and oxygen atoms in total. The average Bonchev–Trinajstić information content (AvgIpc) is 3.83. The lowest BCUT2D eigenvalue weighted by atomic mass is 10.0. The highest BCUT2D eigenvalue weighted by Gasteiger charge is 2.37. The maximum absolute atomic E-state index is 12.7. The summed E-state index contributed by atoms with van der Waals surface area (Å²) >= 11 is 1.62. The number of carboxylic acids is 1. The maximum Gasteiger partial charge on any atom is 0.327 e. The van der Waals surface area contributed by atoms with E-state index in [4.69, 9.17) is 9.72 Å². The van der Waals surface area contributed by atoms with Crippen LogP contribution in [0.3, 0.4) is 0 Å². The third-order valence-electron chi connectivity index (χ3n) is 8.53. The number of hydrogen-bond donors (Lipinski definition) is 3. The molecule has 0 unspecified atom stereocenters. The molecule has 3 N–H and O–H groups in total. The first-order valence-electron chi connectivity index (χ1n) is 16.1. The molecule has 1 amide bonds. The van der Waals surface area contributed by atoms with E-state index in [2.05, 4.69) is 31.3 Å². The Labute approximate surface area is 278 Å². The zero-order valence-corrected chi connectivity index (χ0v) is 28.1. The topological polar surface area (TPSA) is 140 Å². The molecule has 0 spiro atoms. The summed E-state index contributed by atoms with van der Waals surface area (Å²) in [5.41, 5.74) is 5.37. The summed E-state index contributed by atoms with van der Waals surface area (Å²) in [4.78, 5) is 44.3. The molecule has 13 heteroatoms. The number of benzene rings is 1. The molecule has 248 valence electrons. The summed E-state index contributed by atoms with van der Waals surface area (Å²) in [5, 5.41) is 17.6. The number of ether oxygens (including phenoxy) is 1. The Hall–Kier alpha value is -4.36. The van der Waals surface area contributed by atoms with Crippen LogP contribution in [0.5, 0.6) is 5.88 Å². The molecule has 2 aliphatic rings. The van der Waals surface area contributed by atoms with E-state index in [9.17, 15) is 14.7 Å². The number of thioether (sulfide) groups is 1. The number of amides is 1. The maximum atomic E-state index is 12.7. The Morgan fingerprint density at radius 2 is 1.87 bits per heavy atom. The number of imidazole rings is 1. The van der Waals surface area contributed by atoms with E-state index in [0.717, 1.165) is 40.6 Å². The van der Waals surface area contributed by atoms with E-state index in [1.165, 1.54) is 0 Å². The van der Waals surface area contributed by atoms with Crippen molar-refractivity contribution in [2.75, 3.05) is 48.5 Å². The van der Waals surface area contributed by atoms with E-state index >= 15 is 0 Å². The molecule has 0 radical (unpaired) electrons. The first-order chi connectivity index (χ1) is 22.7. The third kappa shape index (κ3) is 7.46. The van der Waals surface area contributed by atoms with E-state index in [0.29, 0.717) is 61.7 Å². The number of aromatic amines is 1. The number of pyridine rings is 2. The van der Waals surface area contributed by atoms with E-state index in [1.54, 1.807) is 24.2 Å². The molecule has 1 saturated carbocycles. The number of carbonyl (C=O) groups excluding carboxylic acids is 1. The predicted molar refractivity (Wildman–Crippen MR) is 185 cm³/mol. The number of hydrogen-bond acceptors (Lipinski definition) is 10. The molecule has 47 heavy (non-hydrogen) atoms. The Morgan fingerprint density at radius 3 is 2.57 bits per heavy atom. The number of fused-ring (bicyclic) bond motifs is 1. The van der Waals surface area contributed by atoms with Gasteiger partial charge in [-0.3, -0.25) is 9.80 Å². The van der Waals surface area contributed by atoms with Crippen LogP contribution < -0.4 is 15.1 Å².